The van der Waals surface area contributed by atoms with Crippen molar-refractivity contribution in [2.75, 3.05) is 14.1 Å². The van der Waals surface area contributed by atoms with E-state index in [0.717, 1.165) is 30.4 Å². The van der Waals surface area contributed by atoms with Gasteiger partial charge in [0, 0.05) is 19.7 Å². The Kier molecular flexibility index (Phi) is 4.56. The summed E-state index contributed by atoms with van der Waals surface area (Å²) in [5.41, 5.74) is 1.24. The monoisotopic (exact) mass is 414 g/mol. The van der Waals surface area contributed by atoms with Crippen molar-refractivity contribution in [3.05, 3.63) is 35.4 Å². The number of rotatable bonds is 2. The lowest BCUT2D eigenvalue weighted by molar-refractivity contribution is -0.132. The third-order valence-corrected chi connectivity index (χ3v) is 12.5. The first-order valence-corrected chi connectivity index (χ1v) is 13.7. The van der Waals surface area contributed by atoms with Crippen molar-refractivity contribution in [1.82, 2.24) is 9.80 Å². The van der Waals surface area contributed by atoms with Crippen LogP contribution in [0.2, 0.25) is 18.1 Å². The van der Waals surface area contributed by atoms with Crippen molar-refractivity contribution < 1.29 is 14.0 Å². The quantitative estimate of drug-likeness (QED) is 0.688. The van der Waals surface area contributed by atoms with Crippen LogP contribution in [0.5, 0.6) is 0 Å². The Morgan fingerprint density at radius 1 is 1.07 bits per heavy atom. The number of amides is 2. The van der Waals surface area contributed by atoms with Gasteiger partial charge >= 0.3 is 0 Å². The minimum absolute atomic E-state index is 0.00632. The molecule has 4 atom stereocenters. The van der Waals surface area contributed by atoms with Crippen LogP contribution in [0, 0.1) is 5.92 Å². The van der Waals surface area contributed by atoms with E-state index < -0.39 is 13.7 Å². The predicted octanol–water partition coefficient (Wildman–Crippen LogP) is 4.00. The zero-order valence-electron chi connectivity index (χ0n) is 18.8. The number of hydrogen-bond donors (Lipinski definition) is 0. The van der Waals surface area contributed by atoms with E-state index in [0.29, 0.717) is 0 Å². The zero-order chi connectivity index (χ0) is 21.4. The summed E-state index contributed by atoms with van der Waals surface area (Å²) in [6, 6.07) is 7.90. The fourth-order valence-corrected chi connectivity index (χ4v) is 7.07. The van der Waals surface area contributed by atoms with E-state index in [9.17, 15) is 9.59 Å². The molecule has 2 amide bonds. The Hall–Kier alpha value is -1.66. The summed E-state index contributed by atoms with van der Waals surface area (Å²) < 4.78 is 7.08. The Bertz CT molecular complexity index is 862. The van der Waals surface area contributed by atoms with Crippen LogP contribution in [-0.2, 0) is 14.6 Å². The minimum Gasteiger partial charge on any atom is -0.413 e. The van der Waals surface area contributed by atoms with Crippen molar-refractivity contribution in [2.24, 2.45) is 5.92 Å². The van der Waals surface area contributed by atoms with Gasteiger partial charge in [-0.3, -0.25) is 9.59 Å². The summed E-state index contributed by atoms with van der Waals surface area (Å²) >= 11 is 0. The molecule has 29 heavy (non-hydrogen) atoms. The van der Waals surface area contributed by atoms with Crippen LogP contribution in [0.25, 0.3) is 0 Å². The molecule has 4 rings (SSSR count). The lowest BCUT2D eigenvalue weighted by Gasteiger charge is -2.55. The molecule has 1 aromatic rings. The molecule has 1 aromatic carbocycles. The van der Waals surface area contributed by atoms with Crippen LogP contribution in [0.4, 0.5) is 0 Å². The van der Waals surface area contributed by atoms with Crippen molar-refractivity contribution in [3.8, 4) is 0 Å². The third kappa shape index (κ3) is 2.61. The summed E-state index contributed by atoms with van der Waals surface area (Å²) in [5, 5.41) is 0.0799. The fraction of sp³-hybridized carbons (Fsp3) is 0.652. The zero-order valence-corrected chi connectivity index (χ0v) is 19.8. The van der Waals surface area contributed by atoms with Crippen molar-refractivity contribution in [3.63, 3.8) is 0 Å². The molecule has 0 aromatic heterocycles. The van der Waals surface area contributed by atoms with E-state index in [4.69, 9.17) is 4.43 Å². The molecule has 2 fully saturated rings. The number of carbonyl (C=O) groups is 2. The van der Waals surface area contributed by atoms with Gasteiger partial charge in [0.15, 0.2) is 8.32 Å². The van der Waals surface area contributed by atoms with E-state index in [-0.39, 0.29) is 35.0 Å². The van der Waals surface area contributed by atoms with E-state index in [2.05, 4.69) is 39.9 Å². The summed E-state index contributed by atoms with van der Waals surface area (Å²) in [6.07, 6.45) is 2.40. The van der Waals surface area contributed by atoms with Crippen LogP contribution in [0.3, 0.4) is 0 Å². The number of benzene rings is 1. The van der Waals surface area contributed by atoms with Gasteiger partial charge in [-0.2, -0.15) is 0 Å². The smallest absolute Gasteiger partial charge is 0.255 e. The molecule has 1 aliphatic carbocycles. The van der Waals surface area contributed by atoms with Gasteiger partial charge in [0.25, 0.3) is 5.91 Å². The maximum Gasteiger partial charge on any atom is 0.255 e. The molecule has 6 heteroatoms. The number of hydrogen-bond acceptors (Lipinski definition) is 3. The molecule has 1 saturated heterocycles. The SMILES string of the molecule is CN1C(=O)c2ccccc2[C@]23[C@H]1N(C)C(=O)[C@H]2CCC[C@H]3O[Si](C)(C)C(C)(C)C. The van der Waals surface area contributed by atoms with Gasteiger partial charge in [0.2, 0.25) is 5.91 Å². The minimum atomic E-state index is -2.07. The number of nitrogens with zero attached hydrogens (tertiary/aromatic N) is 2. The topological polar surface area (TPSA) is 49.9 Å². The highest BCUT2D eigenvalue weighted by Crippen LogP contribution is 2.58. The highest BCUT2D eigenvalue weighted by Gasteiger charge is 2.69. The van der Waals surface area contributed by atoms with E-state index >= 15 is 0 Å². The molecule has 5 nitrogen and oxygen atoms in total. The van der Waals surface area contributed by atoms with Crippen LogP contribution in [0.1, 0.15) is 56.0 Å². The molecule has 3 aliphatic rings. The molecule has 0 N–H and O–H groups in total. The lowest BCUT2D eigenvalue weighted by atomic mass is 9.58. The largest absolute Gasteiger partial charge is 0.413 e. The summed E-state index contributed by atoms with van der Waals surface area (Å²) in [6.45, 7) is 11.3. The third-order valence-electron chi connectivity index (χ3n) is 8.06. The molecular weight excluding hydrogens is 380 g/mol. The molecule has 1 saturated carbocycles. The molecule has 2 aliphatic heterocycles. The molecule has 0 radical (unpaired) electrons. The van der Waals surface area contributed by atoms with Gasteiger partial charge in [0.1, 0.15) is 6.17 Å². The molecule has 0 bridgehead atoms. The Balaban J connectivity index is 1.95. The Morgan fingerprint density at radius 3 is 2.38 bits per heavy atom. The molecule has 158 valence electrons. The number of fused-ring (bicyclic) bond motifs is 1. The second kappa shape index (κ2) is 6.42. The first-order valence-electron chi connectivity index (χ1n) is 10.8. The number of carbonyl (C=O) groups excluding carboxylic acids is 2. The predicted molar refractivity (Wildman–Crippen MR) is 116 cm³/mol. The number of likely N-dealkylation sites (tertiary alicyclic amines) is 1. The maximum absolute atomic E-state index is 13.4. The molecular formula is C23H34N2O3Si. The van der Waals surface area contributed by atoms with E-state index in [1.807, 2.05) is 37.2 Å². The van der Waals surface area contributed by atoms with Crippen LogP contribution in [0.15, 0.2) is 24.3 Å². The Labute approximate surface area is 175 Å². The van der Waals surface area contributed by atoms with Gasteiger partial charge in [0.05, 0.1) is 17.4 Å². The normalized spacial score (nSPS) is 32.2. The Morgan fingerprint density at radius 2 is 1.72 bits per heavy atom. The fourth-order valence-electron chi connectivity index (χ4n) is 5.69. The van der Waals surface area contributed by atoms with Crippen LogP contribution >= 0.6 is 0 Å². The maximum atomic E-state index is 13.4. The second-order valence-electron chi connectivity index (χ2n) is 10.6. The van der Waals surface area contributed by atoms with Gasteiger partial charge in [-0.25, -0.2) is 0 Å². The highest BCUT2D eigenvalue weighted by molar-refractivity contribution is 6.74. The van der Waals surface area contributed by atoms with Crippen molar-refractivity contribution in [2.45, 2.75) is 75.9 Å². The summed E-state index contributed by atoms with van der Waals surface area (Å²) in [7, 11) is 1.63. The standard InChI is InChI=1S/C23H34N2O3Si/c1-22(2,3)29(6,7)28-18-14-10-13-17-20(27)25(5)21-23(17,18)16-12-9-8-11-15(16)19(26)24(21)4/h8-9,11-12,17-18,21H,10,13-14H2,1-7H3/t17-,18-,21-,23+/m1/s1. The van der Waals surface area contributed by atoms with E-state index in [1.54, 1.807) is 4.90 Å². The van der Waals surface area contributed by atoms with Gasteiger partial charge in [-0.05, 0) is 42.6 Å². The number of likely N-dealkylation sites (N-methyl/N-ethyl adjacent to an activating group) is 2. The van der Waals surface area contributed by atoms with Gasteiger partial charge < -0.3 is 14.2 Å². The second-order valence-corrected chi connectivity index (χ2v) is 15.3. The van der Waals surface area contributed by atoms with Crippen LogP contribution < -0.4 is 0 Å². The highest BCUT2D eigenvalue weighted by atomic mass is 28.4. The first-order chi connectivity index (χ1) is 13.4. The van der Waals surface area contributed by atoms with Gasteiger partial charge in [-0.1, -0.05) is 45.4 Å². The average molecular weight is 415 g/mol. The molecule has 0 unspecified atom stereocenters. The summed E-state index contributed by atoms with van der Waals surface area (Å²) in [4.78, 5) is 30.2. The average Bonchev–Trinajstić information content (AvgIpc) is 2.88. The van der Waals surface area contributed by atoms with Crippen molar-refractivity contribution >= 4 is 20.1 Å². The lowest BCUT2D eigenvalue weighted by Crippen LogP contribution is -2.66. The first kappa shape index (κ1) is 20.6. The van der Waals surface area contributed by atoms with Crippen molar-refractivity contribution in [1.29, 1.82) is 0 Å². The molecule has 2 heterocycles. The summed E-state index contributed by atoms with van der Waals surface area (Å²) in [5.74, 6) is 0.000720. The van der Waals surface area contributed by atoms with E-state index in [1.165, 1.54) is 0 Å². The van der Waals surface area contributed by atoms with Crippen LogP contribution in [-0.4, -0.2) is 56.3 Å². The van der Waals surface area contributed by atoms with Gasteiger partial charge in [-0.15, -0.1) is 0 Å². The molecule has 1 spiro atoms.